The van der Waals surface area contributed by atoms with E-state index < -0.39 is 41.7 Å². The first-order valence-electron chi connectivity index (χ1n) is 12.0. The Bertz CT molecular complexity index is 1540. The van der Waals surface area contributed by atoms with Gasteiger partial charge in [-0.15, -0.1) is 0 Å². The SMILES string of the molecule is CCN(CC)C(=O)Oc1ccc2c(ccn2Cc2cc(C(F)(F)F)ccc2C(F)(F)F)c1-c1cc(Cl)cc(Cl)c1. The summed E-state index contributed by atoms with van der Waals surface area (Å²) in [6.45, 7) is 3.86. The fourth-order valence-electron chi connectivity index (χ4n) is 4.47. The number of carbonyl (C=O) groups excluding carboxylic acids is 1. The van der Waals surface area contributed by atoms with Gasteiger partial charge in [0.1, 0.15) is 5.75 Å². The van der Waals surface area contributed by atoms with Gasteiger partial charge in [0.15, 0.2) is 0 Å². The van der Waals surface area contributed by atoms with E-state index in [-0.39, 0.29) is 5.75 Å². The molecule has 0 aliphatic carbocycles. The number of benzene rings is 3. The van der Waals surface area contributed by atoms with Crippen molar-refractivity contribution in [2.24, 2.45) is 0 Å². The minimum Gasteiger partial charge on any atom is -0.410 e. The number of fused-ring (bicyclic) bond motifs is 1. The molecule has 1 amide bonds. The van der Waals surface area contributed by atoms with Gasteiger partial charge in [0, 0.05) is 52.3 Å². The average molecular weight is 603 g/mol. The third kappa shape index (κ3) is 6.18. The molecule has 4 aromatic rings. The van der Waals surface area contributed by atoms with Crippen molar-refractivity contribution in [3.63, 3.8) is 0 Å². The largest absolute Gasteiger partial charge is 0.416 e. The Morgan fingerprint density at radius 2 is 1.52 bits per heavy atom. The number of alkyl halides is 6. The van der Waals surface area contributed by atoms with Crippen molar-refractivity contribution in [2.45, 2.75) is 32.7 Å². The Labute approximate surface area is 235 Å². The summed E-state index contributed by atoms with van der Waals surface area (Å²) in [7, 11) is 0. The zero-order valence-corrected chi connectivity index (χ0v) is 22.6. The lowest BCUT2D eigenvalue weighted by Gasteiger charge is -2.20. The zero-order chi connectivity index (χ0) is 29.4. The van der Waals surface area contributed by atoms with Gasteiger partial charge < -0.3 is 14.2 Å². The zero-order valence-electron chi connectivity index (χ0n) is 21.1. The van der Waals surface area contributed by atoms with E-state index in [1.54, 1.807) is 32.0 Å². The Morgan fingerprint density at radius 1 is 0.875 bits per heavy atom. The van der Waals surface area contributed by atoms with Gasteiger partial charge in [-0.05, 0) is 79.6 Å². The van der Waals surface area contributed by atoms with E-state index in [9.17, 15) is 31.1 Å². The van der Waals surface area contributed by atoms with Crippen LogP contribution in [0.3, 0.4) is 0 Å². The second-order valence-corrected chi connectivity index (χ2v) is 9.75. The second kappa shape index (κ2) is 11.2. The Morgan fingerprint density at radius 3 is 2.10 bits per heavy atom. The highest BCUT2D eigenvalue weighted by Gasteiger charge is 2.37. The molecule has 0 unspecified atom stereocenters. The van der Waals surface area contributed by atoms with Crippen LogP contribution in [0.15, 0.2) is 60.8 Å². The monoisotopic (exact) mass is 602 g/mol. The molecule has 0 saturated carbocycles. The second-order valence-electron chi connectivity index (χ2n) is 8.88. The first-order chi connectivity index (χ1) is 18.7. The van der Waals surface area contributed by atoms with Crippen molar-refractivity contribution < 1.29 is 35.9 Å². The van der Waals surface area contributed by atoms with Crippen LogP contribution in [0.4, 0.5) is 31.1 Å². The smallest absolute Gasteiger partial charge is 0.410 e. The molecule has 0 fully saturated rings. The predicted octanol–water partition coefficient (Wildman–Crippen LogP) is 9.54. The van der Waals surface area contributed by atoms with E-state index >= 15 is 0 Å². The molecule has 4 nitrogen and oxygen atoms in total. The molecule has 0 spiro atoms. The fourth-order valence-corrected chi connectivity index (χ4v) is 5.00. The van der Waals surface area contributed by atoms with E-state index in [0.29, 0.717) is 63.4 Å². The van der Waals surface area contributed by atoms with Gasteiger partial charge in [-0.1, -0.05) is 23.2 Å². The van der Waals surface area contributed by atoms with Crippen LogP contribution < -0.4 is 4.74 Å². The summed E-state index contributed by atoms with van der Waals surface area (Å²) < 4.78 is 88.2. The highest BCUT2D eigenvalue weighted by atomic mass is 35.5. The fraction of sp³-hybridized carbons (Fsp3) is 0.250. The minimum absolute atomic E-state index is 0.149. The number of aromatic nitrogens is 1. The van der Waals surface area contributed by atoms with Gasteiger partial charge in [0.25, 0.3) is 0 Å². The number of nitrogens with zero attached hydrogens (tertiary/aromatic N) is 2. The van der Waals surface area contributed by atoms with Gasteiger partial charge in [0.2, 0.25) is 0 Å². The number of hydrogen-bond donors (Lipinski definition) is 0. The Kier molecular flexibility index (Phi) is 8.33. The molecule has 0 aliphatic heterocycles. The number of ether oxygens (including phenoxy) is 1. The van der Waals surface area contributed by atoms with Crippen LogP contribution in [0.5, 0.6) is 5.75 Å². The molecular formula is C28H22Cl2F6N2O2. The molecule has 0 radical (unpaired) electrons. The highest BCUT2D eigenvalue weighted by Crippen LogP contribution is 2.41. The lowest BCUT2D eigenvalue weighted by molar-refractivity contribution is -0.141. The minimum atomic E-state index is -4.86. The molecule has 4 rings (SSSR count). The van der Waals surface area contributed by atoms with Crippen LogP contribution in [-0.4, -0.2) is 28.6 Å². The molecule has 12 heteroatoms. The van der Waals surface area contributed by atoms with Crippen molar-refractivity contribution in [3.05, 3.63) is 87.5 Å². The predicted molar refractivity (Wildman–Crippen MR) is 142 cm³/mol. The normalized spacial score (nSPS) is 12.2. The first kappa shape index (κ1) is 29.6. The van der Waals surface area contributed by atoms with Crippen LogP contribution in [0.25, 0.3) is 22.0 Å². The summed E-state index contributed by atoms with van der Waals surface area (Å²) in [6.07, 6.45) is -8.84. The summed E-state index contributed by atoms with van der Waals surface area (Å²) in [6, 6.07) is 10.6. The van der Waals surface area contributed by atoms with Crippen LogP contribution >= 0.6 is 23.2 Å². The van der Waals surface area contributed by atoms with Crippen molar-refractivity contribution in [1.29, 1.82) is 0 Å². The van der Waals surface area contributed by atoms with Gasteiger partial charge in [-0.25, -0.2) is 4.79 Å². The molecule has 0 N–H and O–H groups in total. The Balaban J connectivity index is 1.89. The van der Waals surface area contributed by atoms with Gasteiger partial charge >= 0.3 is 18.4 Å². The molecule has 0 bridgehead atoms. The molecule has 0 aliphatic rings. The summed E-state index contributed by atoms with van der Waals surface area (Å²) in [5, 5.41) is 1.04. The standard InChI is InChI=1S/C28H22Cl2F6N2O2/c1-3-37(4-2)26(39)40-24-8-7-23-21(25(24)16-12-19(29)14-20(30)13-16)9-10-38(23)15-17-11-18(27(31,32)33)5-6-22(17)28(34,35)36/h5-14H,3-4,15H2,1-2H3. The van der Waals surface area contributed by atoms with Crippen molar-refractivity contribution >= 4 is 40.2 Å². The summed E-state index contributed by atoms with van der Waals surface area (Å²) >= 11 is 12.4. The quantitative estimate of drug-likeness (QED) is 0.206. The van der Waals surface area contributed by atoms with Crippen molar-refractivity contribution in [3.8, 4) is 16.9 Å². The summed E-state index contributed by atoms with van der Waals surface area (Å²) in [5.74, 6) is 0.149. The first-order valence-corrected chi connectivity index (χ1v) is 12.8. The summed E-state index contributed by atoms with van der Waals surface area (Å²) in [4.78, 5) is 14.2. The van der Waals surface area contributed by atoms with E-state index in [1.807, 2.05) is 0 Å². The third-order valence-electron chi connectivity index (χ3n) is 6.36. The number of rotatable bonds is 6. The van der Waals surface area contributed by atoms with Crippen LogP contribution in [0.1, 0.15) is 30.5 Å². The molecule has 0 atom stereocenters. The molecular weight excluding hydrogens is 581 g/mol. The van der Waals surface area contributed by atoms with Crippen molar-refractivity contribution in [2.75, 3.05) is 13.1 Å². The number of hydrogen-bond acceptors (Lipinski definition) is 2. The van der Waals surface area contributed by atoms with Gasteiger partial charge in [-0.2, -0.15) is 26.3 Å². The third-order valence-corrected chi connectivity index (χ3v) is 6.80. The molecule has 212 valence electrons. The highest BCUT2D eigenvalue weighted by molar-refractivity contribution is 6.35. The lowest BCUT2D eigenvalue weighted by atomic mass is 10.00. The van der Waals surface area contributed by atoms with Crippen LogP contribution in [0, 0.1) is 0 Å². The lowest BCUT2D eigenvalue weighted by Crippen LogP contribution is -2.33. The van der Waals surface area contributed by atoms with E-state index in [0.717, 1.165) is 0 Å². The van der Waals surface area contributed by atoms with E-state index in [1.165, 1.54) is 33.9 Å². The maximum Gasteiger partial charge on any atom is 0.416 e. The number of amides is 1. The number of halogens is 8. The van der Waals surface area contributed by atoms with E-state index in [2.05, 4.69) is 0 Å². The maximum atomic E-state index is 13.7. The Hall–Kier alpha value is -3.37. The molecule has 1 aromatic heterocycles. The molecule has 1 heterocycles. The van der Waals surface area contributed by atoms with Gasteiger partial charge in [0.05, 0.1) is 11.1 Å². The van der Waals surface area contributed by atoms with Gasteiger partial charge in [-0.3, -0.25) is 0 Å². The average Bonchev–Trinajstić information content (AvgIpc) is 3.25. The summed E-state index contributed by atoms with van der Waals surface area (Å²) in [5.41, 5.74) is -1.66. The molecule has 3 aromatic carbocycles. The topological polar surface area (TPSA) is 34.5 Å². The molecule has 0 saturated heterocycles. The van der Waals surface area contributed by atoms with Crippen molar-refractivity contribution in [1.82, 2.24) is 9.47 Å². The molecule has 40 heavy (non-hydrogen) atoms. The number of carbonyl (C=O) groups is 1. The van der Waals surface area contributed by atoms with Crippen LogP contribution in [-0.2, 0) is 18.9 Å². The van der Waals surface area contributed by atoms with Crippen LogP contribution in [0.2, 0.25) is 10.0 Å². The van der Waals surface area contributed by atoms with E-state index in [4.69, 9.17) is 27.9 Å². The maximum absolute atomic E-state index is 13.7.